The molecule has 2 heteroatoms. The van der Waals surface area contributed by atoms with Gasteiger partial charge in [0.25, 0.3) is 0 Å². The zero-order valence-electron chi connectivity index (χ0n) is 27.8. The minimum Gasteiger partial charge on any atom is -0.311 e. The molecule has 234 valence electrons. The lowest BCUT2D eigenvalue weighted by atomic mass is 10.0. The van der Waals surface area contributed by atoms with Crippen LogP contribution >= 0.6 is 0 Å². The van der Waals surface area contributed by atoms with Crippen LogP contribution in [0.1, 0.15) is 23.6 Å². The van der Waals surface area contributed by atoms with E-state index in [1.807, 2.05) is 0 Å². The predicted octanol–water partition coefficient (Wildman–Crippen LogP) is 13.1. The van der Waals surface area contributed by atoms with Crippen LogP contribution in [0.4, 0.5) is 34.1 Å². The topological polar surface area (TPSA) is 6.48 Å². The molecule has 0 aliphatic carbocycles. The van der Waals surface area contributed by atoms with Gasteiger partial charge in [-0.3, -0.25) is 0 Å². The van der Waals surface area contributed by atoms with E-state index in [0.717, 1.165) is 40.5 Å². The third kappa shape index (κ3) is 6.65. The number of rotatable bonds is 9. The molecule has 7 aromatic rings. The Labute approximate surface area is 285 Å². The summed E-state index contributed by atoms with van der Waals surface area (Å²) in [5, 5.41) is 0. The van der Waals surface area contributed by atoms with Gasteiger partial charge in [0.05, 0.1) is 0 Å². The van der Waals surface area contributed by atoms with Crippen molar-refractivity contribution in [3.63, 3.8) is 0 Å². The molecule has 0 amide bonds. The van der Waals surface area contributed by atoms with Crippen molar-refractivity contribution in [2.24, 2.45) is 0 Å². The van der Waals surface area contributed by atoms with Gasteiger partial charge in [0.2, 0.25) is 0 Å². The molecule has 0 aromatic heterocycles. The maximum absolute atomic E-state index is 2.33. The van der Waals surface area contributed by atoms with E-state index in [-0.39, 0.29) is 0 Å². The molecule has 0 atom stereocenters. The van der Waals surface area contributed by atoms with Crippen LogP contribution in [0.5, 0.6) is 0 Å². The Morgan fingerprint density at radius 2 is 0.667 bits per heavy atom. The molecule has 0 bridgehead atoms. The fraction of sp³-hybridized carbons (Fsp3) is 0.0870. The average molecular weight is 621 g/mol. The van der Waals surface area contributed by atoms with Gasteiger partial charge >= 0.3 is 0 Å². The van der Waals surface area contributed by atoms with Crippen LogP contribution in [-0.2, 0) is 6.42 Å². The van der Waals surface area contributed by atoms with Crippen molar-refractivity contribution >= 4 is 34.1 Å². The van der Waals surface area contributed by atoms with Crippen LogP contribution in [0.15, 0.2) is 176 Å². The van der Waals surface area contributed by atoms with Gasteiger partial charge in [0.1, 0.15) is 0 Å². The number of hydrogen-bond acceptors (Lipinski definition) is 2. The maximum Gasteiger partial charge on any atom is 0.0464 e. The monoisotopic (exact) mass is 620 g/mol. The van der Waals surface area contributed by atoms with E-state index in [2.05, 4.69) is 206 Å². The van der Waals surface area contributed by atoms with Gasteiger partial charge in [-0.05, 0) is 132 Å². The molecule has 0 heterocycles. The van der Waals surface area contributed by atoms with Crippen molar-refractivity contribution in [3.8, 4) is 22.3 Å². The highest BCUT2D eigenvalue weighted by atomic mass is 15.1. The number of anilines is 6. The Bertz CT molecular complexity index is 2050. The number of nitrogens with zero attached hydrogens (tertiary/aromatic N) is 2. The Kier molecular flexibility index (Phi) is 8.89. The van der Waals surface area contributed by atoms with Crippen LogP contribution in [0.3, 0.4) is 0 Å². The highest BCUT2D eigenvalue weighted by molar-refractivity contribution is 5.81. The predicted molar refractivity (Wildman–Crippen MR) is 206 cm³/mol. The molecule has 48 heavy (non-hydrogen) atoms. The second kappa shape index (κ2) is 13.9. The van der Waals surface area contributed by atoms with E-state index >= 15 is 0 Å². The molecule has 7 rings (SSSR count). The number of aryl methyl sites for hydroxylation is 3. The summed E-state index contributed by atoms with van der Waals surface area (Å²) in [4.78, 5) is 4.65. The molecular weight excluding hydrogens is 581 g/mol. The third-order valence-corrected chi connectivity index (χ3v) is 8.94. The fourth-order valence-corrected chi connectivity index (χ4v) is 6.35. The first-order valence-corrected chi connectivity index (χ1v) is 16.7. The lowest BCUT2D eigenvalue weighted by Crippen LogP contribution is -2.10. The molecule has 0 N–H and O–H groups in total. The molecule has 0 fully saturated rings. The van der Waals surface area contributed by atoms with E-state index in [9.17, 15) is 0 Å². The first-order chi connectivity index (χ1) is 23.6. The zero-order valence-corrected chi connectivity index (χ0v) is 27.8. The second-order valence-electron chi connectivity index (χ2n) is 12.4. The summed E-state index contributed by atoms with van der Waals surface area (Å²) < 4.78 is 0. The smallest absolute Gasteiger partial charge is 0.0464 e. The van der Waals surface area contributed by atoms with Gasteiger partial charge in [-0.1, -0.05) is 110 Å². The molecular formula is C46H40N2. The Morgan fingerprint density at radius 3 is 1.04 bits per heavy atom. The number of para-hydroxylation sites is 1. The minimum absolute atomic E-state index is 1.05. The highest BCUT2D eigenvalue weighted by Crippen LogP contribution is 2.38. The Hall–Kier alpha value is -5.86. The van der Waals surface area contributed by atoms with E-state index in [1.54, 1.807) is 0 Å². The summed E-state index contributed by atoms with van der Waals surface area (Å²) in [5.41, 5.74) is 15.5. The Balaban J connectivity index is 1.18. The molecule has 0 saturated heterocycles. The van der Waals surface area contributed by atoms with Crippen molar-refractivity contribution in [1.29, 1.82) is 0 Å². The summed E-state index contributed by atoms with van der Waals surface area (Å²) in [6.45, 7) is 6.48. The molecule has 7 aromatic carbocycles. The molecule has 0 aliphatic heterocycles. The lowest BCUT2D eigenvalue weighted by molar-refractivity contribution is 1.14. The number of hydrogen-bond donors (Lipinski definition) is 0. The van der Waals surface area contributed by atoms with Gasteiger partial charge in [0, 0.05) is 34.1 Å². The molecule has 0 saturated carbocycles. The van der Waals surface area contributed by atoms with E-state index in [0.29, 0.717) is 0 Å². The second-order valence-corrected chi connectivity index (χ2v) is 12.4. The zero-order chi connectivity index (χ0) is 32.9. The first kappa shape index (κ1) is 30.8. The summed E-state index contributed by atoms with van der Waals surface area (Å²) in [6, 6.07) is 63.5. The largest absolute Gasteiger partial charge is 0.311 e. The highest BCUT2D eigenvalue weighted by Gasteiger charge is 2.15. The summed E-state index contributed by atoms with van der Waals surface area (Å²) in [7, 11) is 0. The number of benzene rings is 7. The first-order valence-electron chi connectivity index (χ1n) is 16.7. The van der Waals surface area contributed by atoms with Gasteiger partial charge < -0.3 is 9.80 Å². The van der Waals surface area contributed by atoms with Crippen LogP contribution in [0.2, 0.25) is 0 Å². The van der Waals surface area contributed by atoms with Gasteiger partial charge in [0.15, 0.2) is 0 Å². The van der Waals surface area contributed by atoms with Crippen molar-refractivity contribution in [2.75, 3.05) is 9.80 Å². The summed E-state index contributed by atoms with van der Waals surface area (Å²) >= 11 is 0. The van der Waals surface area contributed by atoms with E-state index < -0.39 is 0 Å². The molecule has 0 radical (unpaired) electrons. The van der Waals surface area contributed by atoms with Gasteiger partial charge in [-0.15, -0.1) is 0 Å². The quantitative estimate of drug-likeness (QED) is 0.158. The van der Waals surface area contributed by atoms with Crippen LogP contribution < -0.4 is 9.80 Å². The van der Waals surface area contributed by atoms with Crippen molar-refractivity contribution < 1.29 is 0 Å². The normalized spacial score (nSPS) is 10.9. The Morgan fingerprint density at radius 1 is 0.333 bits per heavy atom. The van der Waals surface area contributed by atoms with Crippen molar-refractivity contribution in [2.45, 2.75) is 27.2 Å². The van der Waals surface area contributed by atoms with Crippen LogP contribution in [-0.4, -0.2) is 0 Å². The van der Waals surface area contributed by atoms with E-state index in [1.165, 1.54) is 38.9 Å². The lowest BCUT2D eigenvalue weighted by Gasteiger charge is -2.26. The van der Waals surface area contributed by atoms with Crippen molar-refractivity contribution in [1.82, 2.24) is 0 Å². The summed E-state index contributed by atoms with van der Waals surface area (Å²) in [6.07, 6.45) is 1.05. The van der Waals surface area contributed by atoms with Gasteiger partial charge in [-0.25, -0.2) is 0 Å². The van der Waals surface area contributed by atoms with E-state index in [4.69, 9.17) is 0 Å². The SMILES string of the molecule is CCc1ccc(-c2ccc(N(c3ccccc3)c3ccc(-c4ccc(N(c5cccc(C)c5)c5cccc(C)c5)cc4)cc3)cc2)cc1. The standard InChI is InChI=1S/C46H40N2/c1-4-36-16-18-37(19-17-36)38-20-26-42(27-21-38)47(41-12-6-5-7-13-41)43-28-22-39(23-29-43)40-24-30-44(31-25-40)48(45-14-8-10-34(2)32-45)46-15-9-11-35(3)33-46/h5-33H,4H2,1-3H3. The average Bonchev–Trinajstić information content (AvgIpc) is 3.13. The molecule has 0 unspecified atom stereocenters. The molecule has 0 spiro atoms. The third-order valence-electron chi connectivity index (χ3n) is 8.94. The fourth-order valence-electron chi connectivity index (χ4n) is 6.35. The molecule has 2 nitrogen and oxygen atoms in total. The van der Waals surface area contributed by atoms with Gasteiger partial charge in [-0.2, -0.15) is 0 Å². The molecule has 0 aliphatic rings. The summed E-state index contributed by atoms with van der Waals surface area (Å²) in [5.74, 6) is 0. The van der Waals surface area contributed by atoms with Crippen molar-refractivity contribution in [3.05, 3.63) is 193 Å². The van der Waals surface area contributed by atoms with Crippen LogP contribution in [0, 0.1) is 13.8 Å². The minimum atomic E-state index is 1.05. The van der Waals surface area contributed by atoms with Crippen LogP contribution in [0.25, 0.3) is 22.3 Å². The maximum atomic E-state index is 2.33.